The highest BCUT2D eigenvalue weighted by Gasteiger charge is 2.31. The molecule has 0 unspecified atom stereocenters. The number of carbonyl (C=O) groups excluding carboxylic acids is 1. The van der Waals surface area contributed by atoms with Gasteiger partial charge >= 0.3 is 0 Å². The number of aryl methyl sites for hydroxylation is 1. The van der Waals surface area contributed by atoms with Crippen molar-refractivity contribution in [3.63, 3.8) is 0 Å². The standard InChI is InChI=1S/C19H29N5O2.2ClH/c1-14-21-17(13-18(22-14)23-9-11-26-12-10-23)15-4-7-24(8-5-15)19(25)16-3-2-6-20-16;;/h13,15-16,20H,2-12H2,1H3;2*1H/t16-;;/m1../s1. The number of nitrogens with one attached hydrogen (secondary N) is 1. The van der Waals surface area contributed by atoms with Crippen LogP contribution < -0.4 is 10.2 Å². The molecule has 9 heteroatoms. The van der Waals surface area contributed by atoms with Gasteiger partial charge in [0.25, 0.3) is 0 Å². The van der Waals surface area contributed by atoms with Crippen molar-refractivity contribution in [1.29, 1.82) is 0 Å². The van der Waals surface area contributed by atoms with E-state index < -0.39 is 0 Å². The van der Waals surface area contributed by atoms with Crippen LogP contribution in [-0.2, 0) is 9.53 Å². The van der Waals surface area contributed by atoms with Gasteiger partial charge in [-0.3, -0.25) is 4.79 Å². The van der Waals surface area contributed by atoms with Crippen LogP contribution in [0.1, 0.15) is 43.1 Å². The van der Waals surface area contributed by atoms with Crippen molar-refractivity contribution in [3.05, 3.63) is 17.6 Å². The smallest absolute Gasteiger partial charge is 0.239 e. The Morgan fingerprint density at radius 3 is 2.46 bits per heavy atom. The molecular weight excluding hydrogens is 401 g/mol. The molecule has 158 valence electrons. The van der Waals surface area contributed by atoms with Crippen LogP contribution in [0.4, 0.5) is 5.82 Å². The van der Waals surface area contributed by atoms with Crippen LogP contribution >= 0.6 is 24.8 Å². The number of nitrogens with zero attached hydrogens (tertiary/aromatic N) is 4. The maximum absolute atomic E-state index is 12.6. The molecule has 3 aliphatic heterocycles. The fraction of sp³-hybridized carbons (Fsp3) is 0.737. The average molecular weight is 432 g/mol. The SMILES string of the molecule is Cc1nc(C2CCN(C(=O)[C@H]3CCCN3)CC2)cc(N2CCOCC2)n1.Cl.Cl. The number of amides is 1. The lowest BCUT2D eigenvalue weighted by Crippen LogP contribution is -2.46. The number of likely N-dealkylation sites (tertiary alicyclic amines) is 1. The Morgan fingerprint density at radius 2 is 1.82 bits per heavy atom. The van der Waals surface area contributed by atoms with Gasteiger partial charge in [0.2, 0.25) is 5.91 Å². The maximum atomic E-state index is 12.6. The Balaban J connectivity index is 0.00000140. The van der Waals surface area contributed by atoms with E-state index in [0.29, 0.717) is 5.92 Å². The summed E-state index contributed by atoms with van der Waals surface area (Å²) in [7, 11) is 0. The Morgan fingerprint density at radius 1 is 1.11 bits per heavy atom. The molecule has 0 aliphatic carbocycles. The largest absolute Gasteiger partial charge is 0.378 e. The van der Waals surface area contributed by atoms with E-state index in [1.807, 2.05) is 11.8 Å². The van der Waals surface area contributed by atoms with Gasteiger partial charge in [0, 0.05) is 43.9 Å². The van der Waals surface area contributed by atoms with Crippen LogP contribution in [-0.4, -0.2) is 72.8 Å². The number of aromatic nitrogens is 2. The van der Waals surface area contributed by atoms with Crippen molar-refractivity contribution in [2.24, 2.45) is 0 Å². The first kappa shape index (κ1) is 23.1. The molecule has 0 aromatic carbocycles. The van der Waals surface area contributed by atoms with Gasteiger partial charge in [-0.1, -0.05) is 0 Å². The van der Waals surface area contributed by atoms with E-state index in [0.717, 1.165) is 89.0 Å². The van der Waals surface area contributed by atoms with Gasteiger partial charge in [0.05, 0.1) is 19.3 Å². The van der Waals surface area contributed by atoms with E-state index in [2.05, 4.69) is 21.3 Å². The third kappa shape index (κ3) is 5.26. The lowest BCUT2D eigenvalue weighted by molar-refractivity contribution is -0.134. The zero-order valence-corrected chi connectivity index (χ0v) is 18.1. The van der Waals surface area contributed by atoms with Crippen molar-refractivity contribution in [1.82, 2.24) is 20.2 Å². The molecule has 0 bridgehead atoms. The summed E-state index contributed by atoms with van der Waals surface area (Å²) in [5.74, 6) is 2.55. The Kier molecular flexibility index (Phi) is 8.74. The molecule has 1 aromatic rings. The van der Waals surface area contributed by atoms with Crippen LogP contribution in [0.15, 0.2) is 6.07 Å². The van der Waals surface area contributed by atoms with Crippen molar-refractivity contribution in [2.75, 3.05) is 50.8 Å². The second kappa shape index (κ2) is 10.6. The molecule has 0 radical (unpaired) electrons. The molecule has 4 heterocycles. The summed E-state index contributed by atoms with van der Waals surface area (Å²) in [6.45, 7) is 7.89. The monoisotopic (exact) mass is 431 g/mol. The van der Waals surface area contributed by atoms with Crippen LogP contribution in [0.25, 0.3) is 0 Å². The van der Waals surface area contributed by atoms with E-state index in [1.165, 1.54) is 0 Å². The second-order valence-electron chi connectivity index (χ2n) is 7.55. The Bertz CT molecular complexity index is 643. The van der Waals surface area contributed by atoms with Gasteiger partial charge in [-0.2, -0.15) is 0 Å². The number of halogens is 2. The number of hydrogen-bond donors (Lipinski definition) is 1. The molecule has 0 spiro atoms. The van der Waals surface area contributed by atoms with E-state index >= 15 is 0 Å². The first-order valence-corrected chi connectivity index (χ1v) is 9.91. The maximum Gasteiger partial charge on any atom is 0.239 e. The van der Waals surface area contributed by atoms with Crippen molar-refractivity contribution in [2.45, 2.75) is 44.6 Å². The van der Waals surface area contributed by atoms with Gasteiger partial charge < -0.3 is 19.9 Å². The van der Waals surface area contributed by atoms with Crippen LogP contribution in [0.5, 0.6) is 0 Å². The van der Waals surface area contributed by atoms with E-state index in [4.69, 9.17) is 9.72 Å². The first-order valence-electron chi connectivity index (χ1n) is 9.91. The number of carbonyl (C=O) groups is 1. The Hall–Kier alpha value is -1.15. The molecule has 3 saturated heterocycles. The number of piperidine rings is 1. The van der Waals surface area contributed by atoms with Gasteiger partial charge in [-0.05, 0) is 39.2 Å². The molecule has 28 heavy (non-hydrogen) atoms. The van der Waals surface area contributed by atoms with Crippen LogP contribution in [0, 0.1) is 6.92 Å². The predicted molar refractivity (Wildman–Crippen MR) is 114 cm³/mol. The average Bonchev–Trinajstić information content (AvgIpc) is 3.22. The second-order valence-corrected chi connectivity index (χ2v) is 7.55. The minimum absolute atomic E-state index is 0. The fourth-order valence-electron chi connectivity index (χ4n) is 4.25. The molecule has 3 fully saturated rings. The van der Waals surface area contributed by atoms with Crippen molar-refractivity contribution >= 4 is 36.5 Å². The predicted octanol–water partition coefficient (Wildman–Crippen LogP) is 1.92. The molecule has 3 aliphatic rings. The quantitative estimate of drug-likeness (QED) is 0.787. The topological polar surface area (TPSA) is 70.6 Å². The summed E-state index contributed by atoms with van der Waals surface area (Å²) in [5.41, 5.74) is 1.13. The minimum atomic E-state index is 0. The molecule has 7 nitrogen and oxygen atoms in total. The normalized spacial score (nSPS) is 23.1. The lowest BCUT2D eigenvalue weighted by atomic mass is 9.92. The number of ether oxygens (including phenoxy) is 1. The number of anilines is 1. The van der Waals surface area contributed by atoms with Crippen molar-refractivity contribution in [3.8, 4) is 0 Å². The highest BCUT2D eigenvalue weighted by Crippen LogP contribution is 2.29. The molecular formula is C19H31Cl2N5O2. The number of morpholine rings is 1. The van der Waals surface area contributed by atoms with E-state index in [9.17, 15) is 4.79 Å². The summed E-state index contributed by atoms with van der Waals surface area (Å²) in [6.07, 6.45) is 4.05. The van der Waals surface area contributed by atoms with Crippen LogP contribution in [0.3, 0.4) is 0 Å². The molecule has 1 amide bonds. The first-order chi connectivity index (χ1) is 12.7. The lowest BCUT2D eigenvalue weighted by Gasteiger charge is -2.34. The summed E-state index contributed by atoms with van der Waals surface area (Å²) < 4.78 is 5.45. The van der Waals surface area contributed by atoms with Gasteiger partial charge in [-0.25, -0.2) is 9.97 Å². The van der Waals surface area contributed by atoms with Crippen molar-refractivity contribution < 1.29 is 9.53 Å². The van der Waals surface area contributed by atoms with Gasteiger partial charge in [0.15, 0.2) is 0 Å². The molecule has 0 saturated carbocycles. The molecule has 1 aromatic heterocycles. The third-order valence-electron chi connectivity index (χ3n) is 5.76. The van der Waals surface area contributed by atoms with Gasteiger partial charge in [-0.15, -0.1) is 24.8 Å². The zero-order valence-electron chi connectivity index (χ0n) is 16.4. The van der Waals surface area contributed by atoms with Gasteiger partial charge in [0.1, 0.15) is 11.6 Å². The molecule has 1 atom stereocenters. The zero-order chi connectivity index (χ0) is 17.9. The summed E-state index contributed by atoms with van der Waals surface area (Å²) >= 11 is 0. The highest BCUT2D eigenvalue weighted by atomic mass is 35.5. The minimum Gasteiger partial charge on any atom is -0.378 e. The number of rotatable bonds is 3. The van der Waals surface area contributed by atoms with Crippen LogP contribution in [0.2, 0.25) is 0 Å². The highest BCUT2D eigenvalue weighted by molar-refractivity contribution is 5.85. The summed E-state index contributed by atoms with van der Waals surface area (Å²) in [5, 5.41) is 3.32. The summed E-state index contributed by atoms with van der Waals surface area (Å²) in [4.78, 5) is 26.2. The molecule has 1 N–H and O–H groups in total. The number of hydrogen-bond acceptors (Lipinski definition) is 6. The summed E-state index contributed by atoms with van der Waals surface area (Å²) in [6, 6.07) is 2.19. The van der Waals surface area contributed by atoms with E-state index in [1.54, 1.807) is 0 Å². The molecule has 4 rings (SSSR count). The third-order valence-corrected chi connectivity index (χ3v) is 5.76. The van der Waals surface area contributed by atoms with E-state index in [-0.39, 0.29) is 36.8 Å². The fourth-order valence-corrected chi connectivity index (χ4v) is 4.25. The Labute approximate surface area is 179 Å².